The predicted molar refractivity (Wildman–Crippen MR) is 45.9 cm³/mol. The van der Waals surface area contributed by atoms with Gasteiger partial charge in [0.05, 0.1) is 0 Å². The molecule has 2 unspecified atom stereocenters. The first-order valence-corrected chi connectivity index (χ1v) is 4.12. The summed E-state index contributed by atoms with van der Waals surface area (Å²) in [5.41, 5.74) is 0.678. The third kappa shape index (κ3) is 1.55. The lowest BCUT2D eigenvalue weighted by Gasteiger charge is -2.10. The van der Waals surface area contributed by atoms with Crippen LogP contribution in [0.25, 0.3) is 0 Å². The fourth-order valence-electron chi connectivity index (χ4n) is 1.33. The molecule has 1 aliphatic heterocycles. The van der Waals surface area contributed by atoms with Crippen molar-refractivity contribution in [2.75, 3.05) is 0 Å². The zero-order valence-corrected chi connectivity index (χ0v) is 7.27. The third-order valence-electron chi connectivity index (χ3n) is 2.01. The number of cyclic esters (lactones) is 2. The van der Waals surface area contributed by atoms with Crippen molar-refractivity contribution >= 4 is 6.16 Å². The van der Waals surface area contributed by atoms with Gasteiger partial charge >= 0.3 is 6.16 Å². The normalized spacial score (nSPS) is 25.7. The van der Waals surface area contributed by atoms with Crippen molar-refractivity contribution in [3.8, 4) is 0 Å². The van der Waals surface area contributed by atoms with Crippen molar-refractivity contribution in [2.45, 2.75) is 12.2 Å². The molecule has 0 aliphatic carbocycles. The number of hydrogen-bond acceptors (Lipinski definition) is 3. The summed E-state index contributed by atoms with van der Waals surface area (Å²) in [6.07, 6.45) is -1.85. The van der Waals surface area contributed by atoms with E-state index < -0.39 is 18.4 Å². The molecule has 1 saturated heterocycles. The maximum atomic E-state index is 12.6. The van der Waals surface area contributed by atoms with E-state index >= 15 is 0 Å². The second-order valence-corrected chi connectivity index (χ2v) is 3.00. The van der Waals surface area contributed by atoms with Crippen molar-refractivity contribution in [2.24, 2.45) is 0 Å². The third-order valence-corrected chi connectivity index (χ3v) is 2.01. The monoisotopic (exact) mass is 195 g/mol. The van der Waals surface area contributed by atoms with Crippen molar-refractivity contribution in [3.05, 3.63) is 42.6 Å². The summed E-state index contributed by atoms with van der Waals surface area (Å²) in [7, 11) is 0. The molecule has 0 amide bonds. The van der Waals surface area contributed by atoms with Gasteiger partial charge in [-0.2, -0.15) is 0 Å². The number of carbonyl (C=O) groups excluding carboxylic acids is 1. The van der Waals surface area contributed by atoms with E-state index in [9.17, 15) is 9.18 Å². The highest BCUT2D eigenvalue weighted by atomic mass is 19.1. The second-order valence-electron chi connectivity index (χ2n) is 3.00. The van der Waals surface area contributed by atoms with Gasteiger partial charge in [-0.25, -0.2) is 9.18 Å². The van der Waals surface area contributed by atoms with Crippen LogP contribution in [0.3, 0.4) is 0 Å². The maximum Gasteiger partial charge on any atom is 0.509 e. The Morgan fingerprint density at radius 3 is 2.36 bits per heavy atom. The number of rotatable bonds is 1. The molecule has 14 heavy (non-hydrogen) atoms. The largest absolute Gasteiger partial charge is 0.509 e. The first-order valence-electron chi connectivity index (χ1n) is 4.12. The molecule has 3 nitrogen and oxygen atoms in total. The van der Waals surface area contributed by atoms with Crippen LogP contribution in [0.5, 0.6) is 0 Å². The topological polar surface area (TPSA) is 35.5 Å². The van der Waals surface area contributed by atoms with E-state index in [1.807, 2.05) is 0 Å². The molecule has 0 spiro atoms. The van der Waals surface area contributed by atoms with Gasteiger partial charge in [-0.05, 0) is 24.6 Å². The maximum absolute atomic E-state index is 12.6. The molecule has 1 heterocycles. The Morgan fingerprint density at radius 2 is 1.86 bits per heavy atom. The summed E-state index contributed by atoms with van der Waals surface area (Å²) in [5.74, 6) is -0.334. The standard InChI is InChI=1S/C10H8FO3/c1-6-9(14-10(12)13-6)7-2-4-8(11)5-3-7/h2-6,9H,1H2. The summed E-state index contributed by atoms with van der Waals surface area (Å²) in [4.78, 5) is 10.7. The molecule has 2 rings (SSSR count). The molecule has 1 radical (unpaired) electrons. The van der Waals surface area contributed by atoms with Crippen LogP contribution in [0.2, 0.25) is 0 Å². The van der Waals surface area contributed by atoms with Crippen LogP contribution in [-0.2, 0) is 9.47 Å². The fraction of sp³-hybridized carbons (Fsp3) is 0.200. The Kier molecular flexibility index (Phi) is 2.11. The van der Waals surface area contributed by atoms with Crippen LogP contribution in [0.15, 0.2) is 24.3 Å². The number of benzene rings is 1. The lowest BCUT2D eigenvalue weighted by Crippen LogP contribution is -2.10. The highest BCUT2D eigenvalue weighted by Crippen LogP contribution is 2.29. The molecule has 0 N–H and O–H groups in total. The Bertz CT molecular complexity index is 347. The lowest BCUT2D eigenvalue weighted by molar-refractivity contribution is 0.117. The van der Waals surface area contributed by atoms with Gasteiger partial charge in [0.1, 0.15) is 11.9 Å². The van der Waals surface area contributed by atoms with Crippen LogP contribution in [0.4, 0.5) is 9.18 Å². The fourth-order valence-corrected chi connectivity index (χ4v) is 1.33. The Morgan fingerprint density at radius 1 is 1.21 bits per heavy atom. The predicted octanol–water partition coefficient (Wildman–Crippen LogP) is 2.24. The second kappa shape index (κ2) is 3.29. The molecule has 0 aromatic heterocycles. The van der Waals surface area contributed by atoms with Crippen LogP contribution in [-0.4, -0.2) is 12.3 Å². The van der Waals surface area contributed by atoms with Crippen molar-refractivity contribution < 1.29 is 18.7 Å². The summed E-state index contributed by atoms with van der Waals surface area (Å²) in [5, 5.41) is 0. The van der Waals surface area contributed by atoms with Crippen LogP contribution < -0.4 is 0 Å². The van der Waals surface area contributed by atoms with Gasteiger partial charge in [-0.15, -0.1) is 0 Å². The van der Waals surface area contributed by atoms with Crippen molar-refractivity contribution in [3.63, 3.8) is 0 Å². The summed E-state index contributed by atoms with van der Waals surface area (Å²) in [6.45, 7) is 3.61. The average molecular weight is 195 g/mol. The molecular weight excluding hydrogens is 187 g/mol. The first-order chi connectivity index (χ1) is 6.66. The van der Waals surface area contributed by atoms with Crippen LogP contribution in [0.1, 0.15) is 11.7 Å². The first kappa shape index (κ1) is 8.99. The van der Waals surface area contributed by atoms with E-state index in [2.05, 4.69) is 6.92 Å². The molecule has 0 bridgehead atoms. The van der Waals surface area contributed by atoms with E-state index in [1.165, 1.54) is 12.1 Å². The van der Waals surface area contributed by atoms with Gasteiger partial charge in [-0.3, -0.25) is 0 Å². The van der Waals surface area contributed by atoms with Crippen molar-refractivity contribution in [1.82, 2.24) is 0 Å². The van der Waals surface area contributed by atoms with Crippen molar-refractivity contribution in [1.29, 1.82) is 0 Å². The van der Waals surface area contributed by atoms with Gasteiger partial charge in [0.15, 0.2) is 6.10 Å². The molecule has 0 saturated carbocycles. The van der Waals surface area contributed by atoms with E-state index in [-0.39, 0.29) is 5.82 Å². The molecule has 73 valence electrons. The summed E-state index contributed by atoms with van der Waals surface area (Å²) >= 11 is 0. The molecule has 2 atom stereocenters. The Labute approximate surface area is 80.4 Å². The highest BCUT2D eigenvalue weighted by molar-refractivity contribution is 5.63. The summed E-state index contributed by atoms with van der Waals surface area (Å²) in [6, 6.07) is 5.68. The van der Waals surface area contributed by atoms with Gasteiger partial charge in [-0.1, -0.05) is 12.1 Å². The Balaban J connectivity index is 2.23. The molecule has 4 heteroatoms. The van der Waals surface area contributed by atoms with Gasteiger partial charge in [0, 0.05) is 0 Å². The van der Waals surface area contributed by atoms with Crippen LogP contribution in [0, 0.1) is 12.7 Å². The highest BCUT2D eigenvalue weighted by Gasteiger charge is 2.34. The number of ether oxygens (including phenoxy) is 2. The SMILES string of the molecule is [CH2]C1OC(=O)OC1c1ccc(F)cc1. The van der Waals surface area contributed by atoms with Crippen LogP contribution >= 0.6 is 0 Å². The number of hydrogen-bond donors (Lipinski definition) is 0. The smallest absolute Gasteiger partial charge is 0.427 e. The zero-order chi connectivity index (χ0) is 10.1. The minimum Gasteiger partial charge on any atom is -0.427 e. The molecule has 1 aromatic carbocycles. The molecule has 1 aromatic rings. The number of halogens is 1. The number of carbonyl (C=O) groups is 1. The minimum absolute atomic E-state index is 0.334. The van der Waals surface area contributed by atoms with E-state index in [0.29, 0.717) is 5.56 Å². The average Bonchev–Trinajstić information content (AvgIpc) is 2.47. The van der Waals surface area contributed by atoms with Gasteiger partial charge in [0.2, 0.25) is 0 Å². The minimum atomic E-state index is -0.737. The van der Waals surface area contributed by atoms with Gasteiger partial charge in [0.25, 0.3) is 0 Å². The lowest BCUT2D eigenvalue weighted by atomic mass is 10.1. The quantitative estimate of drug-likeness (QED) is 0.644. The Hall–Kier alpha value is -1.58. The molecule has 1 aliphatic rings. The zero-order valence-electron chi connectivity index (χ0n) is 7.27. The van der Waals surface area contributed by atoms with E-state index in [1.54, 1.807) is 12.1 Å². The summed E-state index contributed by atoms with van der Waals surface area (Å²) < 4.78 is 22.1. The van der Waals surface area contributed by atoms with E-state index in [0.717, 1.165) is 0 Å². The van der Waals surface area contributed by atoms with Gasteiger partial charge < -0.3 is 9.47 Å². The van der Waals surface area contributed by atoms with E-state index in [4.69, 9.17) is 9.47 Å². The molecular formula is C10H8FO3. The molecule has 1 fully saturated rings.